The van der Waals surface area contributed by atoms with Crippen LogP contribution in [-0.4, -0.2) is 30.1 Å². The normalized spacial score (nSPS) is 52.2. The van der Waals surface area contributed by atoms with Gasteiger partial charge in [0.1, 0.15) is 0 Å². The fraction of sp³-hybridized carbons (Fsp3) is 1.00. The molecule has 0 nitrogen and oxygen atoms in total. The fourth-order valence-corrected chi connectivity index (χ4v) is 14.8. The van der Waals surface area contributed by atoms with Gasteiger partial charge in [-0.25, -0.2) is 0 Å². The van der Waals surface area contributed by atoms with E-state index >= 15 is 0 Å². The molecule has 3 aliphatic rings. The van der Waals surface area contributed by atoms with Gasteiger partial charge in [-0.2, -0.15) is 23.5 Å². The van der Waals surface area contributed by atoms with Gasteiger partial charge >= 0.3 is 0 Å². The Labute approximate surface area is 90.6 Å². The van der Waals surface area contributed by atoms with Crippen molar-refractivity contribution in [3.8, 4) is 0 Å². The van der Waals surface area contributed by atoms with Gasteiger partial charge in [0, 0.05) is 10.5 Å². The van der Waals surface area contributed by atoms with Crippen molar-refractivity contribution < 1.29 is 0 Å². The van der Waals surface area contributed by atoms with E-state index in [1.807, 2.05) is 0 Å². The Kier molecular flexibility index (Phi) is 2.08. The third kappa shape index (κ3) is 1.13. The number of hydrogen-bond acceptors (Lipinski definition) is 2. The molecule has 4 unspecified atom stereocenters. The Morgan fingerprint density at radius 1 is 0.923 bits per heavy atom. The summed E-state index contributed by atoms with van der Waals surface area (Å²) in [4.78, 5) is 0. The minimum Gasteiger partial charge on any atom is -0.157 e. The van der Waals surface area contributed by atoms with Gasteiger partial charge < -0.3 is 0 Å². The average Bonchev–Trinajstić information content (AvgIpc) is 2.74. The number of hydrogen-bond donors (Lipinski definition) is 0. The molecular weight excluding hydrogens is 212 g/mol. The molecule has 13 heavy (non-hydrogen) atoms. The van der Waals surface area contributed by atoms with Crippen LogP contribution >= 0.6 is 23.5 Å². The highest BCUT2D eigenvalue weighted by molar-refractivity contribution is 8.04. The van der Waals surface area contributed by atoms with E-state index in [4.69, 9.17) is 0 Å². The molecule has 0 radical (unpaired) electrons. The molecule has 0 N–H and O–H groups in total. The highest BCUT2D eigenvalue weighted by Gasteiger charge is 2.59. The molecule has 0 aromatic carbocycles. The Hall–Kier alpha value is 0.917. The Morgan fingerprint density at radius 3 is 1.85 bits per heavy atom. The van der Waals surface area contributed by atoms with Crippen LogP contribution < -0.4 is 0 Å². The van der Waals surface area contributed by atoms with Gasteiger partial charge in [-0.15, -0.1) is 0 Å². The van der Waals surface area contributed by atoms with Gasteiger partial charge in [-0.3, -0.25) is 0 Å². The lowest BCUT2D eigenvalue weighted by Gasteiger charge is -2.28. The van der Waals surface area contributed by atoms with Crippen LogP contribution in [0.25, 0.3) is 0 Å². The first kappa shape index (κ1) is 9.17. The van der Waals surface area contributed by atoms with Crippen LogP contribution in [-0.2, 0) is 0 Å². The Morgan fingerprint density at radius 2 is 1.38 bits per heavy atom. The van der Waals surface area contributed by atoms with Crippen molar-refractivity contribution in [2.45, 2.75) is 47.5 Å². The molecule has 0 aliphatic carbocycles. The zero-order valence-electron chi connectivity index (χ0n) is 8.45. The zero-order valence-corrected chi connectivity index (χ0v) is 11.1. The minimum atomic E-state index is -0.842. The largest absolute Gasteiger partial charge is 0.157 e. The number of rotatable bonds is 0. The van der Waals surface area contributed by atoms with Crippen LogP contribution in [0.2, 0.25) is 24.2 Å². The van der Waals surface area contributed by atoms with E-state index in [1.54, 1.807) is 12.8 Å². The van der Waals surface area contributed by atoms with E-state index in [2.05, 4.69) is 36.6 Å². The summed E-state index contributed by atoms with van der Waals surface area (Å²) in [5.41, 5.74) is 2.36. The second kappa shape index (κ2) is 2.95. The van der Waals surface area contributed by atoms with Crippen molar-refractivity contribution in [3.05, 3.63) is 0 Å². The molecule has 0 amide bonds. The second-order valence-electron chi connectivity index (χ2n) is 5.28. The molecule has 3 fully saturated rings. The van der Waals surface area contributed by atoms with Crippen molar-refractivity contribution in [1.82, 2.24) is 0 Å². The first-order valence-corrected chi connectivity index (χ1v) is 10.7. The second-order valence-corrected chi connectivity index (χ2v) is 13.0. The first-order valence-electron chi connectivity index (χ1n) is 5.44. The summed E-state index contributed by atoms with van der Waals surface area (Å²) < 4.78 is 0. The molecule has 3 rings (SSSR count). The van der Waals surface area contributed by atoms with Crippen molar-refractivity contribution in [2.75, 3.05) is 11.5 Å². The molecule has 3 heterocycles. The van der Waals surface area contributed by atoms with Crippen LogP contribution in [0.4, 0.5) is 0 Å². The Bertz CT molecular complexity index is 207. The third-order valence-electron chi connectivity index (χ3n) is 4.51. The van der Waals surface area contributed by atoms with Gasteiger partial charge in [-0.1, -0.05) is 13.1 Å². The summed E-state index contributed by atoms with van der Waals surface area (Å²) in [6.07, 6.45) is 3.12. The molecule has 0 aromatic heterocycles. The molecule has 3 saturated heterocycles. The fourth-order valence-electron chi connectivity index (χ4n) is 3.74. The quantitative estimate of drug-likeness (QED) is 0.585. The van der Waals surface area contributed by atoms with Gasteiger partial charge in [0.2, 0.25) is 0 Å². The van der Waals surface area contributed by atoms with E-state index in [9.17, 15) is 0 Å². The predicted octanol–water partition coefficient (Wildman–Crippen LogP) is 3.46. The summed E-state index contributed by atoms with van der Waals surface area (Å²) in [7, 11) is -0.842. The molecule has 0 aromatic rings. The molecule has 0 bridgehead atoms. The van der Waals surface area contributed by atoms with Crippen LogP contribution in [0.3, 0.4) is 0 Å². The SMILES string of the molecule is C[Si]1(C)C2CCSC2C2SCCC21. The maximum atomic E-state index is 2.67. The third-order valence-corrected chi connectivity index (χ3v) is 13.2. The molecule has 74 valence electrons. The van der Waals surface area contributed by atoms with Crippen molar-refractivity contribution in [3.63, 3.8) is 0 Å². The molecule has 0 saturated carbocycles. The van der Waals surface area contributed by atoms with E-state index in [0.717, 1.165) is 10.5 Å². The topological polar surface area (TPSA) is 0 Å². The van der Waals surface area contributed by atoms with Gasteiger partial charge in [-0.05, 0) is 35.4 Å². The molecular formula is C10H18S2Si. The standard InChI is InChI=1S/C10H18S2Si/c1-13(2)7-3-5-11-9(7)10-8(13)4-6-12-10/h7-10H,3-6H2,1-2H3. The monoisotopic (exact) mass is 230 g/mol. The Balaban J connectivity index is 1.96. The summed E-state index contributed by atoms with van der Waals surface area (Å²) in [6.45, 7) is 5.35. The average molecular weight is 230 g/mol. The lowest BCUT2D eigenvalue weighted by molar-refractivity contribution is 0.768. The van der Waals surface area contributed by atoms with Crippen molar-refractivity contribution >= 4 is 31.6 Å². The molecule has 3 heteroatoms. The molecule has 3 aliphatic heterocycles. The van der Waals surface area contributed by atoms with Crippen LogP contribution in [0.5, 0.6) is 0 Å². The highest BCUT2D eigenvalue weighted by atomic mass is 32.2. The van der Waals surface area contributed by atoms with E-state index in [1.165, 1.54) is 22.6 Å². The van der Waals surface area contributed by atoms with Crippen LogP contribution in [0.15, 0.2) is 0 Å². The number of thioether (sulfide) groups is 2. The van der Waals surface area contributed by atoms with E-state index < -0.39 is 8.07 Å². The highest BCUT2D eigenvalue weighted by Crippen LogP contribution is 2.64. The maximum Gasteiger partial charge on any atom is 0.0559 e. The summed E-state index contributed by atoms with van der Waals surface area (Å²) >= 11 is 4.61. The number of fused-ring (bicyclic) bond motifs is 3. The summed E-state index contributed by atoms with van der Waals surface area (Å²) in [6, 6.07) is 0. The van der Waals surface area contributed by atoms with Crippen LogP contribution in [0, 0.1) is 0 Å². The van der Waals surface area contributed by atoms with Crippen molar-refractivity contribution in [2.24, 2.45) is 0 Å². The van der Waals surface area contributed by atoms with E-state index in [0.29, 0.717) is 0 Å². The molecule has 4 atom stereocenters. The maximum absolute atomic E-state index is 2.67. The van der Waals surface area contributed by atoms with Crippen LogP contribution in [0.1, 0.15) is 12.8 Å². The molecule has 0 spiro atoms. The minimum absolute atomic E-state index is 0.842. The van der Waals surface area contributed by atoms with Crippen molar-refractivity contribution in [1.29, 1.82) is 0 Å². The van der Waals surface area contributed by atoms with Gasteiger partial charge in [0.05, 0.1) is 8.07 Å². The van der Waals surface area contributed by atoms with Gasteiger partial charge in [0.15, 0.2) is 0 Å². The summed E-state index contributed by atoms with van der Waals surface area (Å²) in [5.74, 6) is 2.94. The van der Waals surface area contributed by atoms with E-state index in [-0.39, 0.29) is 0 Å². The predicted molar refractivity (Wildman–Crippen MR) is 66.7 cm³/mol. The van der Waals surface area contributed by atoms with Gasteiger partial charge in [0.25, 0.3) is 0 Å². The zero-order chi connectivity index (χ0) is 9.05. The smallest absolute Gasteiger partial charge is 0.0559 e. The first-order chi connectivity index (χ1) is 6.21. The summed E-state index contributed by atoms with van der Waals surface area (Å²) in [5, 5.41) is 2.17. The lowest BCUT2D eigenvalue weighted by Crippen LogP contribution is -2.33. The lowest BCUT2D eigenvalue weighted by atomic mass is 10.1.